The lowest BCUT2D eigenvalue weighted by atomic mass is 10.1. The van der Waals surface area contributed by atoms with Crippen molar-refractivity contribution in [2.75, 3.05) is 0 Å². The van der Waals surface area contributed by atoms with Gasteiger partial charge in [-0.2, -0.15) is 0 Å². The summed E-state index contributed by atoms with van der Waals surface area (Å²) in [5, 5.41) is 9.02. The average Bonchev–Trinajstić information content (AvgIpc) is 2.03. The van der Waals surface area contributed by atoms with Crippen LogP contribution in [0.1, 0.15) is 18.1 Å². The first-order valence-corrected chi connectivity index (χ1v) is 4.12. The zero-order chi connectivity index (χ0) is 8.97. The summed E-state index contributed by atoms with van der Waals surface area (Å²) in [5.74, 6) is 0. The van der Waals surface area contributed by atoms with Gasteiger partial charge in [0, 0.05) is 0 Å². The van der Waals surface area contributed by atoms with Gasteiger partial charge in [-0.05, 0) is 25.0 Å². The second-order valence-corrected chi connectivity index (χ2v) is 2.96. The van der Waals surface area contributed by atoms with E-state index in [1.807, 2.05) is 24.3 Å². The van der Waals surface area contributed by atoms with Crippen LogP contribution in [0.2, 0.25) is 0 Å². The predicted molar refractivity (Wildman–Crippen MR) is 51.9 cm³/mol. The van der Waals surface area contributed by atoms with Gasteiger partial charge in [0.15, 0.2) is 0 Å². The van der Waals surface area contributed by atoms with E-state index in [0.29, 0.717) is 0 Å². The van der Waals surface area contributed by atoms with E-state index < -0.39 is 0 Å². The van der Waals surface area contributed by atoms with Crippen molar-refractivity contribution in [3.8, 4) is 0 Å². The number of aliphatic hydroxyl groups excluding tert-OH is 1. The van der Waals surface area contributed by atoms with Gasteiger partial charge < -0.3 is 5.11 Å². The lowest BCUT2D eigenvalue weighted by Crippen LogP contribution is -1.91. The molecule has 0 bridgehead atoms. The molecule has 0 saturated carbocycles. The predicted octanol–water partition coefficient (Wildman–Crippen LogP) is 2.39. The third kappa shape index (κ3) is 2.51. The minimum absolute atomic E-state index is 0.371. The molecule has 0 aliphatic carbocycles. The van der Waals surface area contributed by atoms with Gasteiger partial charge in [-0.3, -0.25) is 0 Å². The van der Waals surface area contributed by atoms with Crippen LogP contribution in [0.4, 0.5) is 0 Å². The summed E-state index contributed by atoms with van der Waals surface area (Å²) in [4.78, 5) is 0. The standard InChI is InChI=1S/C11H14O/c1-9-5-3-4-6-11(9)8-7-10(2)12/h3-8,10,12H,1-2H3/b8-7+/t10-/m1/s1. The minimum atomic E-state index is -0.371. The molecule has 0 amide bonds. The second-order valence-electron chi connectivity index (χ2n) is 2.96. The maximum absolute atomic E-state index is 9.02. The fourth-order valence-corrected chi connectivity index (χ4v) is 1.02. The molecule has 0 fully saturated rings. The first kappa shape index (κ1) is 9.01. The van der Waals surface area contributed by atoms with E-state index in [-0.39, 0.29) is 6.10 Å². The Kier molecular flexibility index (Phi) is 3.06. The summed E-state index contributed by atoms with van der Waals surface area (Å²) in [6, 6.07) is 8.10. The largest absolute Gasteiger partial charge is 0.389 e. The summed E-state index contributed by atoms with van der Waals surface area (Å²) in [6.07, 6.45) is 3.35. The zero-order valence-electron chi connectivity index (χ0n) is 7.49. The van der Waals surface area contributed by atoms with Crippen molar-refractivity contribution in [2.24, 2.45) is 0 Å². The van der Waals surface area contributed by atoms with E-state index in [9.17, 15) is 0 Å². The number of aryl methyl sites for hydroxylation is 1. The maximum Gasteiger partial charge on any atom is 0.0696 e. The molecule has 1 atom stereocenters. The molecule has 0 saturated heterocycles. The minimum Gasteiger partial charge on any atom is -0.389 e. The van der Waals surface area contributed by atoms with Crippen molar-refractivity contribution in [2.45, 2.75) is 20.0 Å². The Balaban J connectivity index is 2.82. The van der Waals surface area contributed by atoms with Crippen molar-refractivity contribution in [1.82, 2.24) is 0 Å². The summed E-state index contributed by atoms with van der Waals surface area (Å²) >= 11 is 0. The molecule has 0 radical (unpaired) electrons. The molecule has 1 heteroatoms. The number of hydrogen-bond donors (Lipinski definition) is 1. The normalized spacial score (nSPS) is 13.6. The molecule has 1 aromatic carbocycles. The lowest BCUT2D eigenvalue weighted by molar-refractivity contribution is 0.245. The highest BCUT2D eigenvalue weighted by atomic mass is 16.3. The molecular weight excluding hydrogens is 148 g/mol. The van der Waals surface area contributed by atoms with E-state index >= 15 is 0 Å². The van der Waals surface area contributed by atoms with E-state index in [2.05, 4.69) is 13.0 Å². The topological polar surface area (TPSA) is 20.2 Å². The van der Waals surface area contributed by atoms with Crippen LogP contribution in [0.15, 0.2) is 30.3 Å². The van der Waals surface area contributed by atoms with E-state index in [0.717, 1.165) is 0 Å². The van der Waals surface area contributed by atoms with Gasteiger partial charge in [0.05, 0.1) is 6.10 Å². The molecule has 0 spiro atoms. The van der Waals surface area contributed by atoms with Crippen molar-refractivity contribution < 1.29 is 5.11 Å². The molecule has 0 unspecified atom stereocenters. The molecule has 64 valence electrons. The summed E-state index contributed by atoms with van der Waals surface area (Å²) in [5.41, 5.74) is 2.40. The van der Waals surface area contributed by atoms with Gasteiger partial charge in [-0.25, -0.2) is 0 Å². The summed E-state index contributed by atoms with van der Waals surface area (Å²) in [7, 11) is 0. The smallest absolute Gasteiger partial charge is 0.0696 e. The fraction of sp³-hybridized carbons (Fsp3) is 0.273. The fourth-order valence-electron chi connectivity index (χ4n) is 1.02. The van der Waals surface area contributed by atoms with Gasteiger partial charge in [0.1, 0.15) is 0 Å². The van der Waals surface area contributed by atoms with E-state index in [4.69, 9.17) is 5.11 Å². The average molecular weight is 162 g/mol. The molecule has 0 aromatic heterocycles. The van der Waals surface area contributed by atoms with Gasteiger partial charge in [0.25, 0.3) is 0 Å². The quantitative estimate of drug-likeness (QED) is 0.708. The molecule has 12 heavy (non-hydrogen) atoms. The Morgan fingerprint density at radius 2 is 2.00 bits per heavy atom. The zero-order valence-corrected chi connectivity index (χ0v) is 7.49. The van der Waals surface area contributed by atoms with Crippen LogP contribution in [0.3, 0.4) is 0 Å². The Morgan fingerprint density at radius 1 is 1.33 bits per heavy atom. The van der Waals surface area contributed by atoms with Crippen LogP contribution in [0, 0.1) is 6.92 Å². The van der Waals surface area contributed by atoms with E-state index in [1.54, 1.807) is 13.0 Å². The highest BCUT2D eigenvalue weighted by molar-refractivity contribution is 5.53. The highest BCUT2D eigenvalue weighted by Crippen LogP contribution is 2.08. The summed E-state index contributed by atoms with van der Waals surface area (Å²) < 4.78 is 0. The van der Waals surface area contributed by atoms with Crippen LogP contribution in [-0.2, 0) is 0 Å². The molecule has 0 heterocycles. The van der Waals surface area contributed by atoms with Crippen molar-refractivity contribution >= 4 is 6.08 Å². The van der Waals surface area contributed by atoms with Gasteiger partial charge in [-0.15, -0.1) is 0 Å². The molecule has 1 rings (SSSR count). The van der Waals surface area contributed by atoms with Gasteiger partial charge >= 0.3 is 0 Å². The molecule has 1 nitrogen and oxygen atoms in total. The van der Waals surface area contributed by atoms with Crippen molar-refractivity contribution in [1.29, 1.82) is 0 Å². The van der Waals surface area contributed by atoms with Crippen LogP contribution < -0.4 is 0 Å². The Morgan fingerprint density at radius 3 is 2.58 bits per heavy atom. The Hall–Kier alpha value is -1.08. The lowest BCUT2D eigenvalue weighted by Gasteiger charge is -1.99. The van der Waals surface area contributed by atoms with Crippen LogP contribution in [0.25, 0.3) is 6.08 Å². The monoisotopic (exact) mass is 162 g/mol. The first-order valence-electron chi connectivity index (χ1n) is 4.12. The molecule has 0 aliphatic rings. The SMILES string of the molecule is Cc1ccccc1/C=C/[C@@H](C)O. The van der Waals surface area contributed by atoms with Crippen LogP contribution in [-0.4, -0.2) is 11.2 Å². The van der Waals surface area contributed by atoms with Gasteiger partial charge in [0.2, 0.25) is 0 Å². The Bertz CT molecular complexity index is 274. The van der Waals surface area contributed by atoms with Crippen molar-refractivity contribution in [3.05, 3.63) is 41.5 Å². The maximum atomic E-state index is 9.02. The molecular formula is C11H14O. The number of aliphatic hydroxyl groups is 1. The number of hydrogen-bond acceptors (Lipinski definition) is 1. The Labute approximate surface area is 73.4 Å². The van der Waals surface area contributed by atoms with Crippen LogP contribution >= 0.6 is 0 Å². The molecule has 1 aromatic rings. The number of benzene rings is 1. The molecule has 1 N–H and O–H groups in total. The van der Waals surface area contributed by atoms with Crippen molar-refractivity contribution in [3.63, 3.8) is 0 Å². The van der Waals surface area contributed by atoms with E-state index in [1.165, 1.54) is 11.1 Å². The molecule has 0 aliphatic heterocycles. The summed E-state index contributed by atoms with van der Waals surface area (Å²) in [6.45, 7) is 3.80. The second kappa shape index (κ2) is 4.07. The first-order chi connectivity index (χ1) is 5.70. The third-order valence-electron chi connectivity index (χ3n) is 1.74. The number of rotatable bonds is 2. The van der Waals surface area contributed by atoms with Gasteiger partial charge in [-0.1, -0.05) is 36.4 Å². The third-order valence-corrected chi connectivity index (χ3v) is 1.74. The van der Waals surface area contributed by atoms with Crippen LogP contribution in [0.5, 0.6) is 0 Å². The highest BCUT2D eigenvalue weighted by Gasteiger charge is 1.91.